The molecule has 0 radical (unpaired) electrons. The van der Waals surface area contributed by atoms with Gasteiger partial charge in [-0.3, -0.25) is 0 Å². The number of hydrogen-bond acceptors (Lipinski definition) is 4. The number of aromatic carboxylic acids is 1. The Morgan fingerprint density at radius 2 is 2.38 bits per heavy atom. The Morgan fingerprint density at radius 3 is 3.00 bits per heavy atom. The minimum Gasteiger partial charge on any atom is -0.477 e. The highest BCUT2D eigenvalue weighted by molar-refractivity contribution is 7.12. The Hall–Kier alpha value is -1.95. The molecule has 2 aromatic heterocycles. The van der Waals surface area contributed by atoms with Crippen molar-refractivity contribution in [3.8, 4) is 11.6 Å². The van der Waals surface area contributed by atoms with Crippen molar-refractivity contribution >= 4 is 17.3 Å². The number of halogens is 1. The average Bonchev–Trinajstić information content (AvgIpc) is 2.70. The molecule has 2 aromatic rings. The molecule has 4 nitrogen and oxygen atoms in total. The summed E-state index contributed by atoms with van der Waals surface area (Å²) in [6.07, 6.45) is 1.39. The lowest BCUT2D eigenvalue weighted by atomic mass is 10.4. The Kier molecular flexibility index (Phi) is 2.82. The fourth-order valence-electron chi connectivity index (χ4n) is 1.04. The van der Waals surface area contributed by atoms with E-state index in [-0.39, 0.29) is 16.5 Å². The molecule has 16 heavy (non-hydrogen) atoms. The van der Waals surface area contributed by atoms with Gasteiger partial charge in [0.15, 0.2) is 5.82 Å². The molecular weight excluding hydrogens is 233 g/mol. The SMILES string of the molecule is O=C(O)c1cc(Oc2ncccc2F)cs1. The predicted molar refractivity (Wildman–Crippen MR) is 55.5 cm³/mol. The lowest BCUT2D eigenvalue weighted by Crippen LogP contribution is -1.92. The largest absolute Gasteiger partial charge is 0.477 e. The molecule has 0 saturated carbocycles. The van der Waals surface area contributed by atoms with Gasteiger partial charge in [-0.25, -0.2) is 14.2 Å². The van der Waals surface area contributed by atoms with E-state index in [4.69, 9.17) is 9.84 Å². The Labute approximate surface area is 93.9 Å². The second-order valence-electron chi connectivity index (χ2n) is 2.84. The van der Waals surface area contributed by atoms with E-state index < -0.39 is 11.8 Å². The van der Waals surface area contributed by atoms with Crippen LogP contribution in [0.3, 0.4) is 0 Å². The van der Waals surface area contributed by atoms with E-state index in [1.54, 1.807) is 0 Å². The third-order valence-corrected chi connectivity index (χ3v) is 2.62. The van der Waals surface area contributed by atoms with Gasteiger partial charge in [-0.15, -0.1) is 11.3 Å². The molecule has 1 N–H and O–H groups in total. The summed E-state index contributed by atoms with van der Waals surface area (Å²) in [7, 11) is 0. The Balaban J connectivity index is 2.21. The highest BCUT2D eigenvalue weighted by atomic mass is 32.1. The van der Waals surface area contributed by atoms with Gasteiger partial charge in [-0.1, -0.05) is 0 Å². The van der Waals surface area contributed by atoms with Gasteiger partial charge in [0.1, 0.15) is 10.6 Å². The van der Waals surface area contributed by atoms with Crippen molar-refractivity contribution in [1.29, 1.82) is 0 Å². The van der Waals surface area contributed by atoms with Crippen LogP contribution in [0, 0.1) is 5.82 Å². The minimum atomic E-state index is -1.04. The molecule has 0 bridgehead atoms. The van der Waals surface area contributed by atoms with Crippen LogP contribution in [0.25, 0.3) is 0 Å². The molecule has 6 heteroatoms. The summed E-state index contributed by atoms with van der Waals surface area (Å²) in [5.41, 5.74) is 0. The van der Waals surface area contributed by atoms with E-state index in [0.717, 1.165) is 11.3 Å². The predicted octanol–water partition coefficient (Wildman–Crippen LogP) is 2.77. The fraction of sp³-hybridized carbons (Fsp3) is 0. The molecule has 0 aliphatic heterocycles. The van der Waals surface area contributed by atoms with Crippen molar-refractivity contribution in [2.24, 2.45) is 0 Å². The van der Waals surface area contributed by atoms with Crippen molar-refractivity contribution < 1.29 is 19.0 Å². The van der Waals surface area contributed by atoms with E-state index in [1.165, 1.54) is 29.8 Å². The number of pyridine rings is 1. The summed E-state index contributed by atoms with van der Waals surface area (Å²) >= 11 is 1.01. The van der Waals surface area contributed by atoms with Crippen LogP contribution in [0.5, 0.6) is 11.6 Å². The summed E-state index contributed by atoms with van der Waals surface area (Å²) in [5.74, 6) is -1.54. The minimum absolute atomic E-state index is 0.131. The summed E-state index contributed by atoms with van der Waals surface area (Å²) in [4.78, 5) is 14.4. The van der Waals surface area contributed by atoms with Crippen molar-refractivity contribution in [2.75, 3.05) is 0 Å². The molecule has 2 rings (SSSR count). The number of hydrogen-bond donors (Lipinski definition) is 1. The molecule has 0 aliphatic carbocycles. The number of rotatable bonds is 3. The van der Waals surface area contributed by atoms with Crippen LogP contribution in [0.2, 0.25) is 0 Å². The molecule has 0 unspecified atom stereocenters. The quantitative estimate of drug-likeness (QED) is 0.894. The molecule has 0 saturated heterocycles. The molecule has 82 valence electrons. The van der Waals surface area contributed by atoms with E-state index >= 15 is 0 Å². The molecule has 0 aliphatic rings. The molecule has 0 amide bonds. The van der Waals surface area contributed by atoms with E-state index in [1.807, 2.05) is 0 Å². The highest BCUT2D eigenvalue weighted by Gasteiger charge is 2.10. The smallest absolute Gasteiger partial charge is 0.346 e. The van der Waals surface area contributed by atoms with Gasteiger partial charge in [0.25, 0.3) is 5.88 Å². The van der Waals surface area contributed by atoms with Crippen molar-refractivity contribution in [3.05, 3.63) is 40.5 Å². The van der Waals surface area contributed by atoms with Crippen LogP contribution >= 0.6 is 11.3 Å². The molecule has 2 heterocycles. The van der Waals surface area contributed by atoms with E-state index in [9.17, 15) is 9.18 Å². The molecular formula is C10H6FNO3S. The Morgan fingerprint density at radius 1 is 1.56 bits per heavy atom. The molecule has 0 atom stereocenters. The molecule has 0 spiro atoms. The highest BCUT2D eigenvalue weighted by Crippen LogP contribution is 2.26. The summed E-state index contributed by atoms with van der Waals surface area (Å²) in [5, 5.41) is 10.2. The van der Waals surface area contributed by atoms with Crippen molar-refractivity contribution in [3.63, 3.8) is 0 Å². The van der Waals surface area contributed by atoms with Gasteiger partial charge in [0, 0.05) is 17.6 Å². The van der Waals surface area contributed by atoms with Crippen LogP contribution in [-0.4, -0.2) is 16.1 Å². The average molecular weight is 239 g/mol. The lowest BCUT2D eigenvalue weighted by Gasteiger charge is -2.01. The van der Waals surface area contributed by atoms with E-state index in [2.05, 4.69) is 4.98 Å². The monoisotopic (exact) mass is 239 g/mol. The third kappa shape index (κ3) is 2.17. The molecule has 0 aromatic carbocycles. The van der Waals surface area contributed by atoms with Gasteiger partial charge in [0.05, 0.1) is 0 Å². The van der Waals surface area contributed by atoms with Gasteiger partial charge in [-0.2, -0.15) is 0 Å². The van der Waals surface area contributed by atoms with Crippen LogP contribution in [0.1, 0.15) is 9.67 Å². The zero-order valence-corrected chi connectivity index (χ0v) is 8.70. The number of thiophene rings is 1. The summed E-state index contributed by atoms with van der Waals surface area (Å²) in [6, 6.07) is 3.98. The third-order valence-electron chi connectivity index (χ3n) is 1.73. The normalized spacial score (nSPS) is 10.1. The van der Waals surface area contributed by atoms with Gasteiger partial charge in [0.2, 0.25) is 0 Å². The maximum atomic E-state index is 13.1. The lowest BCUT2D eigenvalue weighted by molar-refractivity contribution is 0.0702. The number of aromatic nitrogens is 1. The second-order valence-corrected chi connectivity index (χ2v) is 3.76. The van der Waals surface area contributed by atoms with Gasteiger partial charge >= 0.3 is 5.97 Å². The van der Waals surface area contributed by atoms with Gasteiger partial charge in [-0.05, 0) is 12.1 Å². The number of nitrogens with zero attached hydrogens (tertiary/aromatic N) is 1. The van der Waals surface area contributed by atoms with Crippen LogP contribution < -0.4 is 4.74 Å². The first-order valence-corrected chi connectivity index (χ1v) is 5.15. The number of carboxylic acids is 1. The maximum Gasteiger partial charge on any atom is 0.346 e. The molecule has 0 fully saturated rings. The maximum absolute atomic E-state index is 13.1. The van der Waals surface area contributed by atoms with E-state index in [0.29, 0.717) is 0 Å². The summed E-state index contributed by atoms with van der Waals surface area (Å²) < 4.78 is 18.2. The first-order valence-electron chi connectivity index (χ1n) is 4.27. The number of carboxylic acid groups (broad SMARTS) is 1. The first kappa shape index (κ1) is 10.6. The zero-order chi connectivity index (χ0) is 11.5. The standard InChI is InChI=1S/C10H6FNO3S/c11-7-2-1-3-12-9(7)15-6-4-8(10(13)14)16-5-6/h1-5H,(H,13,14). The van der Waals surface area contributed by atoms with Gasteiger partial charge < -0.3 is 9.84 Å². The van der Waals surface area contributed by atoms with Crippen LogP contribution in [0.15, 0.2) is 29.8 Å². The zero-order valence-electron chi connectivity index (χ0n) is 7.88. The number of carbonyl (C=O) groups is 1. The second kappa shape index (κ2) is 4.28. The first-order chi connectivity index (χ1) is 7.66. The Bertz CT molecular complexity index is 526. The topological polar surface area (TPSA) is 59.4 Å². The van der Waals surface area contributed by atoms with Crippen LogP contribution in [-0.2, 0) is 0 Å². The number of ether oxygens (including phenoxy) is 1. The van der Waals surface area contributed by atoms with Crippen molar-refractivity contribution in [1.82, 2.24) is 4.98 Å². The van der Waals surface area contributed by atoms with Crippen molar-refractivity contribution in [2.45, 2.75) is 0 Å². The van der Waals surface area contributed by atoms with Crippen LogP contribution in [0.4, 0.5) is 4.39 Å². The fourth-order valence-corrected chi connectivity index (χ4v) is 1.69. The summed E-state index contributed by atoms with van der Waals surface area (Å²) in [6.45, 7) is 0.